The molecule has 0 radical (unpaired) electrons. The van der Waals surface area contributed by atoms with Gasteiger partial charge in [-0.1, -0.05) is 47.5 Å². The molecule has 1 aliphatic rings. The molecule has 14 heteroatoms. The van der Waals surface area contributed by atoms with Gasteiger partial charge in [-0.05, 0) is 77.9 Å². The zero-order valence-corrected chi connectivity index (χ0v) is 28.3. The molecule has 1 heterocycles. The minimum Gasteiger partial charge on any atom is -0.493 e. The van der Waals surface area contributed by atoms with E-state index in [-0.39, 0.29) is 19.8 Å². The summed E-state index contributed by atoms with van der Waals surface area (Å²) in [6, 6.07) is 15.1. The zero-order chi connectivity index (χ0) is 32.5. The van der Waals surface area contributed by atoms with Crippen molar-refractivity contribution in [2.45, 2.75) is 26.5 Å². The monoisotopic (exact) mass is 734 g/mol. The van der Waals surface area contributed by atoms with E-state index in [4.69, 9.17) is 54.4 Å². The lowest BCUT2D eigenvalue weighted by molar-refractivity contribution is -0.139. The van der Waals surface area contributed by atoms with Gasteiger partial charge >= 0.3 is 5.97 Å². The molecule has 0 unspecified atom stereocenters. The highest BCUT2D eigenvalue weighted by Gasteiger charge is 2.32. The molecule has 0 saturated heterocycles. The van der Waals surface area contributed by atoms with Gasteiger partial charge < -0.3 is 29.6 Å². The van der Waals surface area contributed by atoms with Crippen molar-refractivity contribution in [1.82, 2.24) is 16.1 Å². The lowest BCUT2D eigenvalue weighted by atomic mass is 9.95. The smallest absolute Gasteiger partial charge is 0.338 e. The normalized spacial score (nSPS) is 14.4. The lowest BCUT2D eigenvalue weighted by Gasteiger charge is -2.30. The second kappa shape index (κ2) is 15.9. The highest BCUT2D eigenvalue weighted by molar-refractivity contribution is 9.10. The van der Waals surface area contributed by atoms with E-state index in [1.807, 2.05) is 6.07 Å². The van der Waals surface area contributed by atoms with Crippen LogP contribution >= 0.6 is 51.3 Å². The molecule has 1 aliphatic heterocycles. The number of nitrogens with zero attached hydrogens (tertiary/aromatic N) is 1. The number of methoxy groups -OCH3 is 1. The largest absolute Gasteiger partial charge is 0.493 e. The van der Waals surface area contributed by atoms with Gasteiger partial charge in [0.05, 0.1) is 41.6 Å². The fourth-order valence-electron chi connectivity index (χ4n) is 4.32. The van der Waals surface area contributed by atoms with Crippen LogP contribution in [0.15, 0.2) is 75.4 Å². The average molecular weight is 736 g/mol. The summed E-state index contributed by atoms with van der Waals surface area (Å²) in [4.78, 5) is 25.4. The van der Waals surface area contributed by atoms with E-state index in [2.05, 4.69) is 37.1 Å². The molecule has 1 amide bonds. The van der Waals surface area contributed by atoms with Gasteiger partial charge in [0, 0.05) is 21.3 Å². The van der Waals surface area contributed by atoms with Crippen LogP contribution in [0.2, 0.25) is 10.0 Å². The summed E-state index contributed by atoms with van der Waals surface area (Å²) in [5.41, 5.74) is 5.46. The number of allylic oxidation sites excluding steroid dienone is 1. The molecule has 0 aliphatic carbocycles. The highest BCUT2D eigenvalue weighted by atomic mass is 79.9. The Morgan fingerprint density at radius 3 is 2.58 bits per heavy atom. The second-order valence-electron chi connectivity index (χ2n) is 9.47. The number of carbonyl (C=O) groups is 2. The molecular weight excluding hydrogens is 707 g/mol. The number of esters is 1. The Labute approximate surface area is 284 Å². The Hall–Kier alpha value is -3.84. The molecule has 1 atom stereocenters. The van der Waals surface area contributed by atoms with Crippen LogP contribution in [0.4, 0.5) is 0 Å². The van der Waals surface area contributed by atoms with Crippen LogP contribution in [0.25, 0.3) is 0 Å². The molecule has 0 bridgehead atoms. The van der Waals surface area contributed by atoms with Crippen LogP contribution in [-0.2, 0) is 20.9 Å². The van der Waals surface area contributed by atoms with Crippen molar-refractivity contribution in [3.63, 3.8) is 0 Å². The summed E-state index contributed by atoms with van der Waals surface area (Å²) in [5, 5.41) is 11.4. The predicted octanol–water partition coefficient (Wildman–Crippen LogP) is 6.23. The molecule has 0 fully saturated rings. The summed E-state index contributed by atoms with van der Waals surface area (Å²) >= 11 is 20.9. The van der Waals surface area contributed by atoms with Crippen LogP contribution in [0.1, 0.15) is 36.6 Å². The highest BCUT2D eigenvalue weighted by Crippen LogP contribution is 2.35. The number of hydrogen-bond acceptors (Lipinski definition) is 8. The predicted molar refractivity (Wildman–Crippen MR) is 180 cm³/mol. The number of hydrazone groups is 1. The fourth-order valence-corrected chi connectivity index (χ4v) is 5.34. The first-order valence-electron chi connectivity index (χ1n) is 13.5. The Kier molecular flexibility index (Phi) is 12.1. The zero-order valence-electron chi connectivity index (χ0n) is 24.4. The number of thiocarbonyl (C=S) groups is 1. The first-order valence-corrected chi connectivity index (χ1v) is 15.5. The van der Waals surface area contributed by atoms with Gasteiger partial charge in [0.1, 0.15) is 12.4 Å². The third-order valence-electron chi connectivity index (χ3n) is 6.41. The van der Waals surface area contributed by atoms with Gasteiger partial charge in [-0.2, -0.15) is 5.10 Å². The second-order valence-corrected chi connectivity index (χ2v) is 11.5. The third kappa shape index (κ3) is 8.88. The van der Waals surface area contributed by atoms with E-state index in [1.54, 1.807) is 62.4 Å². The molecule has 3 aromatic rings. The van der Waals surface area contributed by atoms with Crippen LogP contribution in [-0.4, -0.2) is 43.5 Å². The molecular formula is C31H29BrCl2N4O6S. The van der Waals surface area contributed by atoms with Gasteiger partial charge in [0.15, 0.2) is 23.2 Å². The maximum Gasteiger partial charge on any atom is 0.338 e. The Morgan fingerprint density at radius 2 is 1.84 bits per heavy atom. The van der Waals surface area contributed by atoms with Gasteiger partial charge in [0.25, 0.3) is 5.91 Å². The van der Waals surface area contributed by atoms with Gasteiger partial charge in [0.2, 0.25) is 0 Å². The first kappa shape index (κ1) is 34.0. The van der Waals surface area contributed by atoms with Crippen molar-refractivity contribution in [2.24, 2.45) is 5.10 Å². The van der Waals surface area contributed by atoms with Crippen LogP contribution in [0, 0.1) is 0 Å². The first-order chi connectivity index (χ1) is 21.6. The minimum absolute atomic E-state index is 0.215. The SMILES string of the molecule is CCOC(=O)C1=C(C)NC(=S)N[C@@H]1c1ccccc1OCC(=O)NN=Cc1cc(OC)c(OCc2ccc(Cl)c(Cl)c2)cc1Br. The minimum atomic E-state index is -0.640. The average Bonchev–Trinajstić information content (AvgIpc) is 3.01. The van der Waals surface area contributed by atoms with E-state index in [0.717, 1.165) is 5.56 Å². The Bertz CT molecular complexity index is 1670. The molecule has 3 N–H and O–H groups in total. The maximum absolute atomic E-state index is 12.8. The van der Waals surface area contributed by atoms with E-state index in [0.29, 0.717) is 59.3 Å². The summed E-state index contributed by atoms with van der Waals surface area (Å²) < 4.78 is 23.2. The number of halogens is 3. The van der Waals surface area contributed by atoms with Crippen molar-refractivity contribution in [1.29, 1.82) is 0 Å². The number of benzene rings is 3. The number of para-hydroxylation sites is 1. The molecule has 3 aromatic carbocycles. The number of amides is 1. The lowest BCUT2D eigenvalue weighted by Crippen LogP contribution is -2.45. The topological polar surface area (TPSA) is 120 Å². The van der Waals surface area contributed by atoms with Crippen LogP contribution in [0.3, 0.4) is 0 Å². The summed E-state index contributed by atoms with van der Waals surface area (Å²) in [6.45, 7) is 3.59. The third-order valence-corrected chi connectivity index (χ3v) is 8.05. The van der Waals surface area contributed by atoms with Crippen LogP contribution < -0.4 is 30.3 Å². The molecule has 0 aromatic heterocycles. The number of rotatable bonds is 12. The molecule has 10 nitrogen and oxygen atoms in total. The summed E-state index contributed by atoms with van der Waals surface area (Å²) in [7, 11) is 1.52. The van der Waals surface area contributed by atoms with E-state index >= 15 is 0 Å². The van der Waals surface area contributed by atoms with Gasteiger partial charge in [-0.3, -0.25) is 4.79 Å². The number of ether oxygens (including phenoxy) is 4. The molecule has 0 spiro atoms. The fraction of sp³-hybridized carbons (Fsp3) is 0.226. The van der Waals surface area contributed by atoms with E-state index in [1.165, 1.54) is 13.3 Å². The van der Waals surface area contributed by atoms with Crippen molar-refractivity contribution in [3.05, 3.63) is 97.1 Å². The summed E-state index contributed by atoms with van der Waals surface area (Å²) in [6.07, 6.45) is 1.46. The number of hydrogen-bond donors (Lipinski definition) is 3. The standard InChI is InChI=1S/C31H29BrCl2N4O6S/c1-4-42-30(40)28-17(2)36-31(45)37-29(28)20-7-5-6-8-24(20)44-16-27(39)38-35-14-19-12-25(41-3)26(13-21(19)32)43-15-18-9-10-22(33)23(34)11-18/h5-14,29H,4,15-16H2,1-3H3,(H,38,39)(H2,36,37,45)/t29-/m1/s1. The van der Waals surface area contributed by atoms with Crippen molar-refractivity contribution in [3.8, 4) is 17.2 Å². The van der Waals surface area contributed by atoms with Crippen molar-refractivity contribution < 1.29 is 28.5 Å². The Morgan fingerprint density at radius 1 is 1.07 bits per heavy atom. The molecule has 4 rings (SSSR count). The molecule has 0 saturated carbocycles. The van der Waals surface area contributed by atoms with Crippen molar-refractivity contribution in [2.75, 3.05) is 20.3 Å². The van der Waals surface area contributed by atoms with Crippen molar-refractivity contribution >= 4 is 74.6 Å². The number of carbonyl (C=O) groups excluding carboxylic acids is 2. The quantitative estimate of drug-likeness (QED) is 0.0861. The van der Waals surface area contributed by atoms with Gasteiger partial charge in [-0.25, -0.2) is 10.2 Å². The van der Waals surface area contributed by atoms with E-state index in [9.17, 15) is 9.59 Å². The number of nitrogens with one attached hydrogen (secondary N) is 3. The molecule has 236 valence electrons. The van der Waals surface area contributed by atoms with Crippen LogP contribution in [0.5, 0.6) is 17.2 Å². The summed E-state index contributed by atoms with van der Waals surface area (Å²) in [5.74, 6) is 0.347. The van der Waals surface area contributed by atoms with Gasteiger partial charge in [-0.15, -0.1) is 0 Å². The molecule has 45 heavy (non-hydrogen) atoms. The van der Waals surface area contributed by atoms with E-state index < -0.39 is 17.9 Å². The Balaban J connectivity index is 1.40. The maximum atomic E-state index is 12.8.